The Bertz CT molecular complexity index is 619. The molecule has 19 heavy (non-hydrogen) atoms. The van der Waals surface area contributed by atoms with E-state index in [0.29, 0.717) is 5.56 Å². The smallest absolute Gasteiger partial charge is 0.342 e. The molecule has 1 aromatic carbocycles. The van der Waals surface area contributed by atoms with Crippen molar-refractivity contribution in [3.8, 4) is 11.4 Å². The van der Waals surface area contributed by atoms with Gasteiger partial charge < -0.3 is 4.74 Å². The topological polar surface area (TPSA) is 52.1 Å². The fraction of sp³-hybridized carbons (Fsp3) is 0.154. The summed E-state index contributed by atoms with van der Waals surface area (Å²) < 4.78 is 17.9. The lowest BCUT2D eigenvalue weighted by atomic mass is 10.2. The summed E-state index contributed by atoms with van der Waals surface area (Å²) in [5.41, 5.74) is 0.570. The van der Waals surface area contributed by atoms with Gasteiger partial charge in [-0.15, -0.1) is 0 Å². The summed E-state index contributed by atoms with van der Waals surface area (Å²) >= 11 is 5.90. The molecule has 2 aromatic rings. The first kappa shape index (κ1) is 13.4. The lowest BCUT2D eigenvalue weighted by Crippen LogP contribution is -2.07. The summed E-state index contributed by atoms with van der Waals surface area (Å²) in [6, 6.07) is 5.80. The standard InChI is InChI=1S/C13H10ClFN2O2/c1-2-19-13(18)10-7-16-12(17-11(10)14)8-4-3-5-9(15)6-8/h3-7H,2H2,1H3. The van der Waals surface area contributed by atoms with E-state index in [1.54, 1.807) is 19.1 Å². The Labute approximate surface area is 114 Å². The van der Waals surface area contributed by atoms with Crippen LogP contribution in [0.5, 0.6) is 0 Å². The van der Waals surface area contributed by atoms with Crippen LogP contribution in [0.25, 0.3) is 11.4 Å². The summed E-state index contributed by atoms with van der Waals surface area (Å²) in [4.78, 5) is 19.5. The third-order valence-corrected chi connectivity index (χ3v) is 2.61. The molecule has 1 aromatic heterocycles. The normalized spacial score (nSPS) is 10.3. The zero-order chi connectivity index (χ0) is 13.8. The largest absolute Gasteiger partial charge is 0.462 e. The maximum Gasteiger partial charge on any atom is 0.342 e. The summed E-state index contributed by atoms with van der Waals surface area (Å²) in [6.45, 7) is 1.93. The first-order valence-electron chi connectivity index (χ1n) is 5.57. The number of halogens is 2. The van der Waals surface area contributed by atoms with Crippen LogP contribution in [0.4, 0.5) is 4.39 Å². The number of rotatable bonds is 3. The molecular weight excluding hydrogens is 271 g/mol. The monoisotopic (exact) mass is 280 g/mol. The van der Waals surface area contributed by atoms with Crippen LogP contribution in [0.1, 0.15) is 17.3 Å². The molecule has 2 rings (SSSR count). The lowest BCUT2D eigenvalue weighted by Gasteiger charge is -2.05. The van der Waals surface area contributed by atoms with Gasteiger partial charge in [-0.3, -0.25) is 0 Å². The van der Waals surface area contributed by atoms with Crippen molar-refractivity contribution in [2.45, 2.75) is 6.92 Å². The second kappa shape index (κ2) is 5.75. The van der Waals surface area contributed by atoms with Crippen LogP contribution in [0, 0.1) is 5.82 Å². The number of carbonyl (C=O) groups excluding carboxylic acids is 1. The van der Waals surface area contributed by atoms with Gasteiger partial charge in [0.2, 0.25) is 0 Å². The molecule has 6 heteroatoms. The van der Waals surface area contributed by atoms with E-state index in [1.165, 1.54) is 18.3 Å². The number of hydrogen-bond donors (Lipinski definition) is 0. The van der Waals surface area contributed by atoms with Gasteiger partial charge in [-0.1, -0.05) is 23.7 Å². The van der Waals surface area contributed by atoms with E-state index in [0.717, 1.165) is 0 Å². The average molecular weight is 281 g/mol. The molecule has 0 bridgehead atoms. The molecule has 0 saturated heterocycles. The van der Waals surface area contributed by atoms with Crippen molar-refractivity contribution in [1.29, 1.82) is 0 Å². The van der Waals surface area contributed by atoms with Crippen LogP contribution in [0.3, 0.4) is 0 Å². The molecule has 98 valence electrons. The number of benzene rings is 1. The zero-order valence-electron chi connectivity index (χ0n) is 10.1. The number of nitrogens with zero attached hydrogens (tertiary/aromatic N) is 2. The highest BCUT2D eigenvalue weighted by Gasteiger charge is 2.15. The maximum absolute atomic E-state index is 13.1. The molecule has 0 aliphatic heterocycles. The fourth-order valence-corrected chi connectivity index (χ4v) is 1.68. The van der Waals surface area contributed by atoms with E-state index in [2.05, 4.69) is 9.97 Å². The van der Waals surface area contributed by atoms with Gasteiger partial charge in [0.15, 0.2) is 5.82 Å². The molecule has 0 aliphatic rings. The third kappa shape index (κ3) is 3.06. The van der Waals surface area contributed by atoms with E-state index < -0.39 is 11.8 Å². The molecule has 4 nitrogen and oxygen atoms in total. The van der Waals surface area contributed by atoms with Gasteiger partial charge in [-0.2, -0.15) is 0 Å². The maximum atomic E-state index is 13.1. The second-order valence-electron chi connectivity index (χ2n) is 3.63. The summed E-state index contributed by atoms with van der Waals surface area (Å²) in [7, 11) is 0. The van der Waals surface area contributed by atoms with Gasteiger partial charge in [-0.25, -0.2) is 19.2 Å². The number of hydrogen-bond acceptors (Lipinski definition) is 4. The van der Waals surface area contributed by atoms with E-state index in [9.17, 15) is 9.18 Å². The summed E-state index contributed by atoms with van der Waals surface area (Å²) in [5, 5.41) is -0.0206. The van der Waals surface area contributed by atoms with Gasteiger partial charge in [0.1, 0.15) is 16.5 Å². The number of carbonyl (C=O) groups is 1. The average Bonchev–Trinajstić information content (AvgIpc) is 2.38. The number of esters is 1. The Hall–Kier alpha value is -2.01. The molecule has 0 saturated carbocycles. The van der Waals surface area contributed by atoms with Gasteiger partial charge in [0.05, 0.1) is 6.61 Å². The van der Waals surface area contributed by atoms with Crippen LogP contribution in [-0.4, -0.2) is 22.5 Å². The van der Waals surface area contributed by atoms with E-state index in [-0.39, 0.29) is 23.1 Å². The molecule has 0 N–H and O–H groups in total. The lowest BCUT2D eigenvalue weighted by molar-refractivity contribution is 0.0525. The van der Waals surface area contributed by atoms with Crippen LogP contribution < -0.4 is 0 Å². The Morgan fingerprint density at radius 1 is 1.47 bits per heavy atom. The van der Waals surface area contributed by atoms with E-state index in [1.807, 2.05) is 0 Å². The minimum absolute atomic E-state index is 0.0206. The van der Waals surface area contributed by atoms with Gasteiger partial charge in [0, 0.05) is 11.8 Å². The Morgan fingerprint density at radius 2 is 2.26 bits per heavy atom. The van der Waals surface area contributed by atoms with Crippen LogP contribution in [0.15, 0.2) is 30.5 Å². The van der Waals surface area contributed by atoms with Crippen molar-refractivity contribution >= 4 is 17.6 Å². The first-order valence-corrected chi connectivity index (χ1v) is 5.95. The van der Waals surface area contributed by atoms with Crippen LogP contribution >= 0.6 is 11.6 Å². The second-order valence-corrected chi connectivity index (χ2v) is 3.99. The van der Waals surface area contributed by atoms with Crippen molar-refractivity contribution in [2.24, 2.45) is 0 Å². The Kier molecular flexibility index (Phi) is 4.06. The minimum Gasteiger partial charge on any atom is -0.462 e. The van der Waals surface area contributed by atoms with Crippen molar-refractivity contribution in [1.82, 2.24) is 9.97 Å². The van der Waals surface area contributed by atoms with Gasteiger partial charge in [0.25, 0.3) is 0 Å². The van der Waals surface area contributed by atoms with Gasteiger partial charge in [-0.05, 0) is 19.1 Å². The molecule has 0 amide bonds. The predicted molar refractivity (Wildman–Crippen MR) is 68.4 cm³/mol. The summed E-state index contributed by atoms with van der Waals surface area (Å²) in [5.74, 6) is -0.734. The zero-order valence-corrected chi connectivity index (χ0v) is 10.8. The van der Waals surface area contributed by atoms with Crippen LogP contribution in [0.2, 0.25) is 5.15 Å². The van der Waals surface area contributed by atoms with Gasteiger partial charge >= 0.3 is 5.97 Å². The SMILES string of the molecule is CCOC(=O)c1cnc(-c2cccc(F)c2)nc1Cl. The minimum atomic E-state index is -0.585. The predicted octanol–water partition coefficient (Wildman–Crippen LogP) is 3.11. The highest BCUT2D eigenvalue weighted by Crippen LogP contribution is 2.20. The highest BCUT2D eigenvalue weighted by atomic mass is 35.5. The van der Waals surface area contributed by atoms with E-state index in [4.69, 9.17) is 16.3 Å². The molecule has 0 spiro atoms. The molecule has 0 unspecified atom stereocenters. The molecule has 0 atom stereocenters. The van der Waals surface area contributed by atoms with Crippen molar-refractivity contribution in [2.75, 3.05) is 6.61 Å². The Morgan fingerprint density at radius 3 is 2.89 bits per heavy atom. The quantitative estimate of drug-likeness (QED) is 0.640. The van der Waals surface area contributed by atoms with Crippen molar-refractivity contribution in [3.05, 3.63) is 47.0 Å². The first-order chi connectivity index (χ1) is 9.11. The van der Waals surface area contributed by atoms with Crippen LogP contribution in [-0.2, 0) is 4.74 Å². The fourth-order valence-electron chi connectivity index (χ4n) is 1.47. The molecule has 0 radical (unpaired) electrons. The highest BCUT2D eigenvalue weighted by molar-refractivity contribution is 6.32. The number of aromatic nitrogens is 2. The summed E-state index contributed by atoms with van der Waals surface area (Å²) in [6.07, 6.45) is 1.27. The molecule has 1 heterocycles. The molecular formula is C13H10ClFN2O2. The molecule has 0 fully saturated rings. The van der Waals surface area contributed by atoms with Crippen molar-refractivity contribution < 1.29 is 13.9 Å². The molecule has 0 aliphatic carbocycles. The third-order valence-electron chi connectivity index (χ3n) is 2.32. The number of ether oxygens (including phenoxy) is 1. The Balaban J connectivity index is 2.36. The van der Waals surface area contributed by atoms with Crippen molar-refractivity contribution in [3.63, 3.8) is 0 Å². The van der Waals surface area contributed by atoms with E-state index >= 15 is 0 Å².